The lowest BCUT2D eigenvalue weighted by Gasteiger charge is -2.14. The summed E-state index contributed by atoms with van der Waals surface area (Å²) in [6.07, 6.45) is -2.91. The van der Waals surface area contributed by atoms with Crippen LogP contribution in [0.5, 0.6) is 0 Å². The number of carbonyl (C=O) groups is 1. The summed E-state index contributed by atoms with van der Waals surface area (Å²) in [6, 6.07) is 1.59. The van der Waals surface area contributed by atoms with Crippen molar-refractivity contribution in [3.8, 4) is 0 Å². The molecule has 0 aliphatic carbocycles. The number of rotatable bonds is 1. The fraction of sp³-hybridized carbons (Fsp3) is 0.400. The number of carboxylic acid groups (broad SMARTS) is 1. The molecule has 1 aromatic rings. The molecule has 1 aliphatic heterocycles. The van der Waals surface area contributed by atoms with Crippen molar-refractivity contribution in [1.82, 2.24) is 10.3 Å². The van der Waals surface area contributed by atoms with Crippen LogP contribution < -0.4 is 5.32 Å². The molecule has 0 aromatic carbocycles. The lowest BCUT2D eigenvalue weighted by molar-refractivity contribution is -0.385. The monoisotopic (exact) mass is 293 g/mol. The fourth-order valence-electron chi connectivity index (χ4n) is 1.43. The lowest BCUT2D eigenvalue weighted by atomic mass is 10.1. The van der Waals surface area contributed by atoms with E-state index in [9.17, 15) is 23.3 Å². The van der Waals surface area contributed by atoms with Crippen molar-refractivity contribution in [2.45, 2.75) is 19.1 Å². The van der Waals surface area contributed by atoms with Crippen LogP contribution in [0.1, 0.15) is 11.3 Å². The molecule has 0 fully saturated rings. The zero-order valence-electron chi connectivity index (χ0n) is 9.98. The van der Waals surface area contributed by atoms with Gasteiger partial charge in [-0.05, 0) is 5.56 Å². The highest BCUT2D eigenvalue weighted by Crippen LogP contribution is 2.17. The third-order valence-electron chi connectivity index (χ3n) is 2.35. The van der Waals surface area contributed by atoms with Gasteiger partial charge in [0, 0.05) is 31.3 Å². The van der Waals surface area contributed by atoms with E-state index in [2.05, 4.69) is 10.3 Å². The van der Waals surface area contributed by atoms with Crippen molar-refractivity contribution < 1.29 is 28.0 Å². The molecule has 1 aliphatic rings. The Bertz CT molecular complexity index is 519. The molecule has 1 aromatic heterocycles. The summed E-state index contributed by atoms with van der Waals surface area (Å²) in [5.41, 5.74) is 1.99. The second kappa shape index (κ2) is 6.28. The van der Waals surface area contributed by atoms with Crippen molar-refractivity contribution in [3.63, 3.8) is 0 Å². The number of aromatic nitrogens is 1. The Morgan fingerprint density at radius 2 is 2.10 bits per heavy atom. The number of pyridine rings is 1. The summed E-state index contributed by atoms with van der Waals surface area (Å²) in [5, 5.41) is 20.7. The highest BCUT2D eigenvalue weighted by atomic mass is 19.4. The number of nitro groups is 1. The summed E-state index contributed by atoms with van der Waals surface area (Å²) in [7, 11) is 0. The van der Waals surface area contributed by atoms with Crippen LogP contribution in [-0.4, -0.2) is 33.7 Å². The maximum atomic E-state index is 10.6. The van der Waals surface area contributed by atoms with E-state index < -0.39 is 17.1 Å². The van der Waals surface area contributed by atoms with E-state index in [1.165, 1.54) is 6.20 Å². The van der Waals surface area contributed by atoms with Crippen LogP contribution >= 0.6 is 0 Å². The minimum atomic E-state index is -5.08. The van der Waals surface area contributed by atoms with Crippen LogP contribution in [0.15, 0.2) is 12.3 Å². The summed E-state index contributed by atoms with van der Waals surface area (Å²) < 4.78 is 31.7. The van der Waals surface area contributed by atoms with Crippen LogP contribution in [0, 0.1) is 10.1 Å². The largest absolute Gasteiger partial charge is 0.490 e. The predicted octanol–water partition coefficient (Wildman–Crippen LogP) is 1.27. The molecule has 0 atom stereocenters. The minimum absolute atomic E-state index is 0.0717. The number of nitrogens with one attached hydrogen (secondary N) is 1. The van der Waals surface area contributed by atoms with Gasteiger partial charge in [-0.1, -0.05) is 0 Å². The van der Waals surface area contributed by atoms with Gasteiger partial charge in [-0.25, -0.2) is 4.79 Å². The molecule has 10 heteroatoms. The Balaban J connectivity index is 0.000000246. The van der Waals surface area contributed by atoms with E-state index in [1.54, 1.807) is 6.07 Å². The van der Waals surface area contributed by atoms with Gasteiger partial charge in [-0.3, -0.25) is 15.1 Å². The molecule has 0 radical (unpaired) electrons. The molecular weight excluding hydrogens is 283 g/mol. The average molecular weight is 293 g/mol. The molecule has 2 N–H and O–H groups in total. The molecule has 0 unspecified atom stereocenters. The van der Waals surface area contributed by atoms with E-state index in [0.29, 0.717) is 6.54 Å². The van der Waals surface area contributed by atoms with Crippen LogP contribution in [-0.2, 0) is 17.8 Å². The molecular formula is C10H10F3N3O4. The smallest absolute Gasteiger partial charge is 0.475 e. The van der Waals surface area contributed by atoms with Gasteiger partial charge in [0.05, 0.1) is 4.92 Å². The molecule has 20 heavy (non-hydrogen) atoms. The van der Waals surface area contributed by atoms with Crippen molar-refractivity contribution in [2.24, 2.45) is 0 Å². The number of halogens is 3. The molecule has 0 spiro atoms. The highest BCUT2D eigenvalue weighted by Gasteiger charge is 2.38. The van der Waals surface area contributed by atoms with Crippen LogP contribution in [0.2, 0.25) is 0 Å². The average Bonchev–Trinajstić information content (AvgIpc) is 2.37. The third-order valence-corrected chi connectivity index (χ3v) is 2.35. The fourth-order valence-corrected chi connectivity index (χ4v) is 1.43. The number of nitrogens with zero attached hydrogens (tertiary/aromatic N) is 2. The molecule has 0 bridgehead atoms. The van der Waals surface area contributed by atoms with Crippen molar-refractivity contribution >= 4 is 11.7 Å². The summed E-state index contributed by atoms with van der Waals surface area (Å²) >= 11 is 0. The van der Waals surface area contributed by atoms with Crippen LogP contribution in [0.25, 0.3) is 0 Å². The summed E-state index contributed by atoms with van der Waals surface area (Å²) in [4.78, 5) is 23.0. The topological polar surface area (TPSA) is 105 Å². The molecule has 0 saturated carbocycles. The van der Waals surface area contributed by atoms with E-state index in [1.807, 2.05) is 0 Å². The van der Waals surface area contributed by atoms with Gasteiger partial charge < -0.3 is 10.4 Å². The highest BCUT2D eigenvalue weighted by molar-refractivity contribution is 5.73. The molecule has 0 amide bonds. The van der Waals surface area contributed by atoms with Gasteiger partial charge >= 0.3 is 12.1 Å². The summed E-state index contributed by atoms with van der Waals surface area (Å²) in [6.45, 7) is 1.59. The Morgan fingerprint density at radius 3 is 2.60 bits per heavy atom. The first-order chi connectivity index (χ1) is 9.21. The van der Waals surface area contributed by atoms with E-state index in [-0.39, 0.29) is 5.69 Å². The van der Waals surface area contributed by atoms with Gasteiger partial charge in [0.25, 0.3) is 5.69 Å². The van der Waals surface area contributed by atoms with Crippen molar-refractivity contribution in [3.05, 3.63) is 33.6 Å². The van der Waals surface area contributed by atoms with Gasteiger partial charge in [-0.2, -0.15) is 13.2 Å². The van der Waals surface area contributed by atoms with Gasteiger partial charge in [0.15, 0.2) is 0 Å². The number of aliphatic carboxylic acids is 1. The lowest BCUT2D eigenvalue weighted by Crippen LogP contribution is -2.24. The van der Waals surface area contributed by atoms with Crippen LogP contribution in [0.4, 0.5) is 18.9 Å². The van der Waals surface area contributed by atoms with E-state index in [0.717, 1.165) is 24.2 Å². The number of hydrogen-bond donors (Lipinski definition) is 2. The van der Waals surface area contributed by atoms with E-state index in [4.69, 9.17) is 9.90 Å². The number of alkyl halides is 3. The number of carboxylic acids is 1. The number of fused-ring (bicyclic) bond motifs is 1. The number of hydrogen-bond acceptors (Lipinski definition) is 5. The third kappa shape index (κ3) is 4.46. The first-order valence-corrected chi connectivity index (χ1v) is 5.35. The predicted molar refractivity (Wildman–Crippen MR) is 60.0 cm³/mol. The van der Waals surface area contributed by atoms with E-state index >= 15 is 0 Å². The molecule has 0 saturated heterocycles. The van der Waals surface area contributed by atoms with Crippen molar-refractivity contribution in [2.75, 3.05) is 6.54 Å². The van der Waals surface area contributed by atoms with Gasteiger partial charge in [0.1, 0.15) is 6.20 Å². The Kier molecular flexibility index (Phi) is 4.97. The Labute approximate surface area is 110 Å². The first-order valence-electron chi connectivity index (χ1n) is 5.35. The standard InChI is InChI=1S/C8H9N3O2.C2HF3O2/c12-11(13)7-3-6-4-9-2-1-8(6)10-5-7;3-2(4,5)1(6)7/h3,5,9H,1-2,4H2;(H,6,7). The first kappa shape index (κ1) is 15.8. The molecule has 110 valence electrons. The second-order valence-corrected chi connectivity index (χ2v) is 3.79. The zero-order chi connectivity index (χ0) is 15.3. The SMILES string of the molecule is O=C(O)C(F)(F)F.O=[N+]([O-])c1cnc2c(c1)CNCC2. The molecule has 7 nitrogen and oxygen atoms in total. The van der Waals surface area contributed by atoms with Gasteiger partial charge in [0.2, 0.25) is 0 Å². The molecule has 2 heterocycles. The normalized spacial score (nSPS) is 13.8. The zero-order valence-corrected chi connectivity index (χ0v) is 9.98. The minimum Gasteiger partial charge on any atom is -0.475 e. The second-order valence-electron chi connectivity index (χ2n) is 3.79. The summed E-state index contributed by atoms with van der Waals surface area (Å²) in [5.74, 6) is -2.76. The molecule has 2 rings (SSSR count). The maximum absolute atomic E-state index is 10.6. The van der Waals surface area contributed by atoms with Crippen LogP contribution in [0.3, 0.4) is 0 Å². The Hall–Kier alpha value is -2.23. The quantitative estimate of drug-likeness (QED) is 0.596. The Morgan fingerprint density at radius 1 is 1.50 bits per heavy atom. The van der Waals surface area contributed by atoms with Crippen molar-refractivity contribution in [1.29, 1.82) is 0 Å². The maximum Gasteiger partial charge on any atom is 0.490 e. The van der Waals surface area contributed by atoms with Gasteiger partial charge in [-0.15, -0.1) is 0 Å².